The third-order valence-electron chi connectivity index (χ3n) is 5.18. The van der Waals surface area contributed by atoms with E-state index in [9.17, 15) is 0 Å². The summed E-state index contributed by atoms with van der Waals surface area (Å²) in [7, 11) is 0. The van der Waals surface area contributed by atoms with E-state index in [2.05, 4.69) is 28.2 Å². The highest BCUT2D eigenvalue weighted by Crippen LogP contribution is 2.25. The fourth-order valence-electron chi connectivity index (χ4n) is 3.69. The van der Waals surface area contributed by atoms with Gasteiger partial charge in [0.05, 0.1) is 5.52 Å². The molecule has 0 bridgehead atoms. The number of fused-ring (bicyclic) bond motifs is 1. The van der Waals surface area contributed by atoms with Gasteiger partial charge in [-0.2, -0.15) is 0 Å². The van der Waals surface area contributed by atoms with Crippen molar-refractivity contribution in [2.45, 2.75) is 32.2 Å². The van der Waals surface area contributed by atoms with Crippen LogP contribution in [0.5, 0.6) is 0 Å². The Hall–Kier alpha value is -2.53. The highest BCUT2D eigenvalue weighted by atomic mass is 15.2. The van der Waals surface area contributed by atoms with Gasteiger partial charge in [0, 0.05) is 35.9 Å². The fraction of sp³-hybridized carbons (Fsp3) is 0.381. The minimum Gasteiger partial charge on any atom is -0.368 e. The molecule has 1 aliphatic rings. The third-order valence-corrected chi connectivity index (χ3v) is 5.18. The molecular weight excluding hydrogens is 322 g/mol. The Labute approximate surface area is 154 Å². The monoisotopic (exact) mass is 347 g/mol. The summed E-state index contributed by atoms with van der Waals surface area (Å²) in [6.07, 6.45) is 7.34. The highest BCUT2D eigenvalue weighted by Gasteiger charge is 2.20. The summed E-state index contributed by atoms with van der Waals surface area (Å²) in [6, 6.07) is 12.7. The maximum atomic E-state index is 4.84. The van der Waals surface area contributed by atoms with Crippen molar-refractivity contribution in [3.8, 4) is 11.4 Å². The molecule has 1 atom stereocenters. The van der Waals surface area contributed by atoms with Crippen molar-refractivity contribution in [3.05, 3.63) is 48.8 Å². The molecule has 1 aliphatic heterocycles. The molecule has 3 heterocycles. The van der Waals surface area contributed by atoms with Crippen LogP contribution >= 0.6 is 0 Å². The molecule has 5 nitrogen and oxygen atoms in total. The van der Waals surface area contributed by atoms with Gasteiger partial charge in [0.15, 0.2) is 5.82 Å². The Morgan fingerprint density at radius 2 is 1.81 bits per heavy atom. The standard InChI is InChI=1S/C21H25N5/c1-2-17(26-13-5-6-14-26)15-23-21-18-7-3-4-8-19(18)24-20(25-21)16-9-11-22-12-10-16/h3-4,7-12,17H,2,5-6,13-15H2,1H3,(H,23,24,25)/t17-/m0/s1. The van der Waals surface area contributed by atoms with Gasteiger partial charge in [0.25, 0.3) is 0 Å². The largest absolute Gasteiger partial charge is 0.368 e. The number of pyridine rings is 1. The topological polar surface area (TPSA) is 53.9 Å². The molecule has 5 heteroatoms. The number of aromatic nitrogens is 3. The Balaban J connectivity index is 1.64. The van der Waals surface area contributed by atoms with E-state index < -0.39 is 0 Å². The average Bonchev–Trinajstić information content (AvgIpc) is 3.23. The smallest absolute Gasteiger partial charge is 0.162 e. The molecule has 1 saturated heterocycles. The molecule has 0 saturated carbocycles. The zero-order chi connectivity index (χ0) is 17.8. The van der Waals surface area contributed by atoms with Gasteiger partial charge in [-0.15, -0.1) is 0 Å². The molecule has 0 radical (unpaired) electrons. The van der Waals surface area contributed by atoms with Crippen molar-refractivity contribution in [3.63, 3.8) is 0 Å². The maximum Gasteiger partial charge on any atom is 0.162 e. The first-order chi connectivity index (χ1) is 12.8. The summed E-state index contributed by atoms with van der Waals surface area (Å²) in [5, 5.41) is 4.69. The quantitative estimate of drug-likeness (QED) is 0.731. The first-order valence-electron chi connectivity index (χ1n) is 9.50. The van der Waals surface area contributed by atoms with E-state index in [0.717, 1.165) is 41.1 Å². The molecule has 1 N–H and O–H groups in total. The second kappa shape index (κ2) is 7.79. The molecule has 1 fully saturated rings. The van der Waals surface area contributed by atoms with Crippen molar-refractivity contribution >= 4 is 16.7 Å². The number of nitrogens with one attached hydrogen (secondary N) is 1. The van der Waals surface area contributed by atoms with E-state index in [4.69, 9.17) is 9.97 Å². The van der Waals surface area contributed by atoms with Crippen molar-refractivity contribution < 1.29 is 0 Å². The van der Waals surface area contributed by atoms with Crippen molar-refractivity contribution in [1.29, 1.82) is 0 Å². The van der Waals surface area contributed by atoms with Gasteiger partial charge in [0.2, 0.25) is 0 Å². The summed E-state index contributed by atoms with van der Waals surface area (Å²) in [4.78, 5) is 16.3. The molecule has 0 aliphatic carbocycles. The van der Waals surface area contributed by atoms with Gasteiger partial charge in [-0.05, 0) is 56.6 Å². The Morgan fingerprint density at radius 1 is 1.04 bits per heavy atom. The summed E-state index contributed by atoms with van der Waals surface area (Å²) in [5.41, 5.74) is 1.95. The van der Waals surface area contributed by atoms with Crippen LogP contribution in [0.25, 0.3) is 22.3 Å². The molecule has 3 aromatic rings. The SMILES string of the molecule is CC[C@@H](CNc1nc(-c2ccncc2)nc2ccccc12)N1CCCC1. The minimum absolute atomic E-state index is 0.551. The minimum atomic E-state index is 0.551. The first kappa shape index (κ1) is 16.9. The number of nitrogens with zero attached hydrogens (tertiary/aromatic N) is 4. The van der Waals surface area contributed by atoms with Gasteiger partial charge in [0.1, 0.15) is 5.82 Å². The zero-order valence-corrected chi connectivity index (χ0v) is 15.2. The first-order valence-corrected chi connectivity index (χ1v) is 9.50. The predicted molar refractivity (Wildman–Crippen MR) is 106 cm³/mol. The second-order valence-corrected chi connectivity index (χ2v) is 6.83. The van der Waals surface area contributed by atoms with Crippen molar-refractivity contribution in [2.24, 2.45) is 0 Å². The van der Waals surface area contributed by atoms with Crippen LogP contribution in [0.15, 0.2) is 48.8 Å². The van der Waals surface area contributed by atoms with Crippen LogP contribution in [0.1, 0.15) is 26.2 Å². The fourth-order valence-corrected chi connectivity index (χ4v) is 3.69. The van der Waals surface area contributed by atoms with Crippen LogP contribution in [0.4, 0.5) is 5.82 Å². The number of hydrogen-bond acceptors (Lipinski definition) is 5. The van der Waals surface area contributed by atoms with E-state index in [-0.39, 0.29) is 0 Å². The number of likely N-dealkylation sites (tertiary alicyclic amines) is 1. The van der Waals surface area contributed by atoms with E-state index in [1.807, 2.05) is 30.3 Å². The lowest BCUT2D eigenvalue weighted by molar-refractivity contribution is 0.246. The predicted octanol–water partition coefficient (Wildman–Crippen LogP) is 3.98. The Kier molecular flexibility index (Phi) is 5.07. The van der Waals surface area contributed by atoms with Crippen LogP contribution in [-0.4, -0.2) is 45.5 Å². The summed E-state index contributed by atoms with van der Waals surface area (Å²) < 4.78 is 0. The van der Waals surface area contributed by atoms with Crippen molar-refractivity contribution in [1.82, 2.24) is 19.9 Å². The molecule has 4 rings (SSSR count). The van der Waals surface area contributed by atoms with Gasteiger partial charge in [-0.3, -0.25) is 9.88 Å². The van der Waals surface area contributed by atoms with Gasteiger partial charge >= 0.3 is 0 Å². The molecule has 1 aromatic carbocycles. The Bertz CT molecular complexity index is 859. The number of rotatable bonds is 6. The summed E-state index contributed by atoms with van der Waals surface area (Å²) >= 11 is 0. The van der Waals surface area contributed by atoms with E-state index in [1.165, 1.54) is 25.9 Å². The maximum absolute atomic E-state index is 4.84. The number of anilines is 1. The van der Waals surface area contributed by atoms with E-state index in [0.29, 0.717) is 6.04 Å². The number of hydrogen-bond donors (Lipinski definition) is 1. The van der Waals surface area contributed by atoms with Crippen LogP contribution < -0.4 is 5.32 Å². The lowest BCUT2D eigenvalue weighted by Gasteiger charge is -2.27. The summed E-state index contributed by atoms with van der Waals surface area (Å²) in [6.45, 7) is 5.61. The van der Waals surface area contributed by atoms with Gasteiger partial charge in [-0.1, -0.05) is 19.1 Å². The lowest BCUT2D eigenvalue weighted by Crippen LogP contribution is -2.37. The number of benzene rings is 1. The van der Waals surface area contributed by atoms with Crippen molar-refractivity contribution in [2.75, 3.05) is 25.0 Å². The third kappa shape index (κ3) is 3.53. The van der Waals surface area contributed by atoms with Gasteiger partial charge < -0.3 is 5.32 Å². The molecule has 0 unspecified atom stereocenters. The molecule has 0 spiro atoms. The molecule has 26 heavy (non-hydrogen) atoms. The molecule has 0 amide bonds. The Morgan fingerprint density at radius 3 is 2.58 bits per heavy atom. The summed E-state index contributed by atoms with van der Waals surface area (Å²) in [5.74, 6) is 1.66. The highest BCUT2D eigenvalue weighted by molar-refractivity contribution is 5.90. The normalized spacial score (nSPS) is 16.0. The van der Waals surface area contributed by atoms with Gasteiger partial charge in [-0.25, -0.2) is 9.97 Å². The molecular formula is C21H25N5. The van der Waals surface area contributed by atoms with Crippen LogP contribution in [0.2, 0.25) is 0 Å². The molecule has 2 aromatic heterocycles. The number of para-hydroxylation sites is 1. The molecule has 134 valence electrons. The van der Waals surface area contributed by atoms with Crippen LogP contribution in [0, 0.1) is 0 Å². The van der Waals surface area contributed by atoms with E-state index >= 15 is 0 Å². The zero-order valence-electron chi connectivity index (χ0n) is 15.2. The lowest BCUT2D eigenvalue weighted by atomic mass is 10.1. The average molecular weight is 347 g/mol. The van der Waals surface area contributed by atoms with Crippen LogP contribution in [-0.2, 0) is 0 Å². The van der Waals surface area contributed by atoms with E-state index in [1.54, 1.807) is 12.4 Å². The van der Waals surface area contributed by atoms with Crippen LogP contribution in [0.3, 0.4) is 0 Å². The second-order valence-electron chi connectivity index (χ2n) is 6.83.